The molecule has 0 fully saturated rings. The maximum absolute atomic E-state index is 11.9. The molecular formula is C9H13F3N2O3. The number of carbonyl (C=O) groups excluding carboxylic acids is 1. The number of aliphatic hydroxyl groups excluding tert-OH is 1. The van der Waals surface area contributed by atoms with E-state index in [1.54, 1.807) is 6.08 Å². The van der Waals surface area contributed by atoms with E-state index in [-0.39, 0.29) is 6.04 Å². The van der Waals surface area contributed by atoms with Crippen LogP contribution < -0.4 is 11.1 Å². The van der Waals surface area contributed by atoms with Crippen molar-refractivity contribution < 1.29 is 27.8 Å². The maximum atomic E-state index is 11.9. The van der Waals surface area contributed by atoms with Crippen LogP contribution in [0.3, 0.4) is 0 Å². The van der Waals surface area contributed by atoms with Gasteiger partial charge in [0.15, 0.2) is 0 Å². The van der Waals surface area contributed by atoms with Gasteiger partial charge in [0, 0.05) is 12.6 Å². The maximum Gasteiger partial charge on any atom is 0.491 e. The van der Waals surface area contributed by atoms with Gasteiger partial charge in [-0.2, -0.15) is 13.2 Å². The summed E-state index contributed by atoms with van der Waals surface area (Å²) < 4.78 is 39.5. The van der Waals surface area contributed by atoms with Crippen molar-refractivity contribution in [2.75, 3.05) is 6.54 Å². The number of nitrogens with one attached hydrogen (secondary N) is 1. The monoisotopic (exact) mass is 254 g/mol. The highest BCUT2D eigenvalue weighted by Gasteiger charge is 2.43. The number of ether oxygens (including phenoxy) is 1. The minimum absolute atomic E-state index is 0.193. The van der Waals surface area contributed by atoms with Crippen molar-refractivity contribution in [1.82, 2.24) is 5.32 Å². The first-order chi connectivity index (χ1) is 7.80. The Morgan fingerprint density at radius 1 is 1.59 bits per heavy atom. The smallest absolute Gasteiger partial charge is 0.427 e. The van der Waals surface area contributed by atoms with Crippen LogP contribution in [-0.2, 0) is 9.53 Å². The van der Waals surface area contributed by atoms with E-state index in [0.29, 0.717) is 13.0 Å². The number of hydrogen-bond donors (Lipinski definition) is 3. The fourth-order valence-electron chi connectivity index (χ4n) is 1.28. The molecule has 0 bridgehead atoms. The van der Waals surface area contributed by atoms with Crippen molar-refractivity contribution in [2.24, 2.45) is 5.73 Å². The lowest BCUT2D eigenvalue weighted by atomic mass is 10.2. The molecule has 98 valence electrons. The molecule has 4 N–H and O–H groups in total. The average Bonchev–Trinajstić information content (AvgIpc) is 2.41. The number of aliphatic hydroxyl groups is 1. The minimum Gasteiger partial charge on any atom is -0.427 e. The SMILES string of the molecule is N[C@H]1CC=C[C@H](C(O)OC(=O)C(F)(F)F)NC1. The standard InChI is InChI=1S/C9H13F3N2O3/c10-9(11,12)8(16)17-7(15)6-3-1-2-5(13)4-14-6/h1,3,5-7,14-15H,2,4,13H2/t5-,6+,7?/m0/s1. The number of rotatable bonds is 2. The third-order valence-electron chi connectivity index (χ3n) is 2.16. The highest BCUT2D eigenvalue weighted by atomic mass is 19.4. The Morgan fingerprint density at radius 2 is 2.24 bits per heavy atom. The number of halogens is 3. The number of alkyl halides is 3. The van der Waals surface area contributed by atoms with Gasteiger partial charge in [-0.05, 0) is 6.42 Å². The summed E-state index contributed by atoms with van der Waals surface area (Å²) >= 11 is 0. The zero-order valence-electron chi connectivity index (χ0n) is 8.78. The van der Waals surface area contributed by atoms with E-state index in [0.717, 1.165) is 0 Å². The van der Waals surface area contributed by atoms with Crippen LogP contribution in [0.25, 0.3) is 0 Å². The molecule has 0 radical (unpaired) electrons. The molecule has 1 rings (SSSR count). The molecule has 0 spiro atoms. The summed E-state index contributed by atoms with van der Waals surface area (Å²) in [6, 6.07) is -1.09. The van der Waals surface area contributed by atoms with Crippen LogP contribution in [0.15, 0.2) is 12.2 Å². The highest BCUT2D eigenvalue weighted by molar-refractivity contribution is 5.75. The van der Waals surface area contributed by atoms with Crippen LogP contribution >= 0.6 is 0 Å². The summed E-state index contributed by atoms with van der Waals surface area (Å²) in [7, 11) is 0. The van der Waals surface area contributed by atoms with Gasteiger partial charge < -0.3 is 20.9 Å². The van der Waals surface area contributed by atoms with Crippen LogP contribution in [-0.4, -0.2) is 42.2 Å². The lowest BCUT2D eigenvalue weighted by Gasteiger charge is -2.21. The second-order valence-electron chi connectivity index (χ2n) is 3.65. The Balaban J connectivity index is 2.53. The molecule has 1 unspecified atom stereocenters. The fraction of sp³-hybridized carbons (Fsp3) is 0.667. The van der Waals surface area contributed by atoms with Gasteiger partial charge >= 0.3 is 12.1 Å². The molecule has 0 amide bonds. The first kappa shape index (κ1) is 13.9. The number of hydrogen-bond acceptors (Lipinski definition) is 5. The quantitative estimate of drug-likeness (QED) is 0.356. The largest absolute Gasteiger partial charge is 0.491 e. The summed E-state index contributed by atoms with van der Waals surface area (Å²) in [5, 5.41) is 12.0. The summed E-state index contributed by atoms with van der Waals surface area (Å²) in [4.78, 5) is 10.5. The Labute approximate surface area is 95.4 Å². The van der Waals surface area contributed by atoms with Gasteiger partial charge in [0.2, 0.25) is 6.29 Å². The second kappa shape index (κ2) is 5.48. The van der Waals surface area contributed by atoms with Crippen molar-refractivity contribution in [3.63, 3.8) is 0 Å². The Hall–Kier alpha value is -1.12. The molecule has 0 saturated heterocycles. The molecule has 8 heteroatoms. The zero-order chi connectivity index (χ0) is 13.1. The molecule has 0 aliphatic carbocycles. The van der Waals surface area contributed by atoms with Crippen molar-refractivity contribution >= 4 is 5.97 Å². The average molecular weight is 254 g/mol. The molecular weight excluding hydrogens is 241 g/mol. The normalized spacial score (nSPS) is 27.4. The van der Waals surface area contributed by atoms with Crippen LogP contribution in [0.2, 0.25) is 0 Å². The van der Waals surface area contributed by atoms with Gasteiger partial charge in [-0.25, -0.2) is 4.79 Å². The van der Waals surface area contributed by atoms with E-state index < -0.39 is 24.5 Å². The molecule has 1 heterocycles. The molecule has 0 saturated carbocycles. The van der Waals surface area contributed by atoms with Crippen LogP contribution in [0.1, 0.15) is 6.42 Å². The summed E-state index contributed by atoms with van der Waals surface area (Å²) in [6.45, 7) is 0.304. The third kappa shape index (κ3) is 4.33. The van der Waals surface area contributed by atoms with Crippen molar-refractivity contribution in [3.8, 4) is 0 Å². The molecule has 1 aliphatic heterocycles. The Kier molecular flexibility index (Phi) is 4.49. The van der Waals surface area contributed by atoms with Gasteiger partial charge in [-0.1, -0.05) is 12.2 Å². The molecule has 0 aromatic carbocycles. The second-order valence-corrected chi connectivity index (χ2v) is 3.65. The van der Waals surface area contributed by atoms with E-state index in [1.165, 1.54) is 6.08 Å². The van der Waals surface area contributed by atoms with Crippen LogP contribution in [0.4, 0.5) is 13.2 Å². The number of esters is 1. The predicted molar refractivity (Wildman–Crippen MR) is 51.7 cm³/mol. The van der Waals surface area contributed by atoms with E-state index in [9.17, 15) is 23.1 Å². The van der Waals surface area contributed by atoms with Gasteiger partial charge in [0.05, 0.1) is 6.04 Å². The van der Waals surface area contributed by atoms with Crippen LogP contribution in [0, 0.1) is 0 Å². The van der Waals surface area contributed by atoms with Crippen LogP contribution in [0.5, 0.6) is 0 Å². The number of nitrogens with two attached hydrogens (primary N) is 1. The molecule has 1 aliphatic rings. The molecule has 0 aromatic rings. The Bertz CT molecular complexity index is 306. The topological polar surface area (TPSA) is 84.6 Å². The van der Waals surface area contributed by atoms with Gasteiger partial charge in [-0.3, -0.25) is 0 Å². The van der Waals surface area contributed by atoms with E-state index >= 15 is 0 Å². The van der Waals surface area contributed by atoms with E-state index in [1.807, 2.05) is 0 Å². The van der Waals surface area contributed by atoms with E-state index in [2.05, 4.69) is 10.1 Å². The first-order valence-corrected chi connectivity index (χ1v) is 4.92. The van der Waals surface area contributed by atoms with Crippen molar-refractivity contribution in [2.45, 2.75) is 31.0 Å². The predicted octanol–water partition coefficient (Wildman–Crippen LogP) is -0.344. The minimum atomic E-state index is -5.12. The lowest BCUT2D eigenvalue weighted by Crippen LogP contribution is -2.45. The summed E-state index contributed by atoms with van der Waals surface area (Å²) in [6.07, 6.45) is -3.46. The fourth-order valence-corrected chi connectivity index (χ4v) is 1.28. The zero-order valence-corrected chi connectivity index (χ0v) is 8.78. The number of carbonyl (C=O) groups is 1. The molecule has 17 heavy (non-hydrogen) atoms. The molecule has 0 aromatic heterocycles. The Morgan fingerprint density at radius 3 is 2.82 bits per heavy atom. The summed E-state index contributed by atoms with van der Waals surface area (Å²) in [5.41, 5.74) is 5.58. The van der Waals surface area contributed by atoms with Gasteiger partial charge in [0.25, 0.3) is 0 Å². The third-order valence-corrected chi connectivity index (χ3v) is 2.16. The van der Waals surface area contributed by atoms with Crippen molar-refractivity contribution in [1.29, 1.82) is 0 Å². The lowest BCUT2D eigenvalue weighted by molar-refractivity contribution is -0.221. The highest BCUT2D eigenvalue weighted by Crippen LogP contribution is 2.18. The van der Waals surface area contributed by atoms with Gasteiger partial charge in [-0.15, -0.1) is 0 Å². The molecule has 3 atom stereocenters. The molecule has 5 nitrogen and oxygen atoms in total. The summed E-state index contributed by atoms with van der Waals surface area (Å²) in [5.74, 6) is -2.42. The first-order valence-electron chi connectivity index (χ1n) is 4.92. The van der Waals surface area contributed by atoms with Crippen molar-refractivity contribution in [3.05, 3.63) is 12.2 Å². The van der Waals surface area contributed by atoms with E-state index in [4.69, 9.17) is 5.73 Å². The van der Waals surface area contributed by atoms with Gasteiger partial charge in [0.1, 0.15) is 0 Å².